The minimum atomic E-state index is -1.15. The number of rotatable bonds is 8. The van der Waals surface area contributed by atoms with E-state index >= 15 is 0 Å². The maximum Gasteiger partial charge on any atom is 0.303 e. The number of likely N-dealkylation sites (tertiary alicyclic amines) is 1. The van der Waals surface area contributed by atoms with Crippen LogP contribution in [0.1, 0.15) is 38.2 Å². The maximum absolute atomic E-state index is 14.3. The van der Waals surface area contributed by atoms with Crippen LogP contribution in [0.3, 0.4) is 0 Å². The van der Waals surface area contributed by atoms with E-state index in [0.29, 0.717) is 17.7 Å². The summed E-state index contributed by atoms with van der Waals surface area (Å²) in [6.45, 7) is 1.85. The highest BCUT2D eigenvalue weighted by molar-refractivity contribution is 6.24. The molecular weight excluding hydrogens is 564 g/mol. The minimum Gasteiger partial charge on any atom is -0.504 e. The van der Waals surface area contributed by atoms with Crippen LogP contribution in [0.25, 0.3) is 6.08 Å². The number of anilines is 1. The van der Waals surface area contributed by atoms with Crippen LogP contribution in [-0.4, -0.2) is 58.4 Å². The SMILES string of the molecule is COc1cc(C=C[C@H]2C3=CC[C@@H]4C(=O)N(CCCC(=O)O)C(=O)[C@@H]4[C@@H]3C[C@H]3C(=O)N(c4ccccc4)C(=O)[C@@]23C)ccc1O. The number of amides is 4. The molecule has 3 fully saturated rings. The smallest absolute Gasteiger partial charge is 0.303 e. The molecule has 10 nitrogen and oxygen atoms in total. The van der Waals surface area contributed by atoms with Crippen molar-refractivity contribution in [2.24, 2.45) is 35.0 Å². The zero-order chi connectivity index (χ0) is 31.3. The number of imide groups is 2. The van der Waals surface area contributed by atoms with Gasteiger partial charge in [-0.2, -0.15) is 0 Å². The van der Waals surface area contributed by atoms with E-state index in [1.54, 1.807) is 36.4 Å². The summed E-state index contributed by atoms with van der Waals surface area (Å²) in [4.78, 5) is 69.0. The van der Waals surface area contributed by atoms with Gasteiger partial charge in [-0.15, -0.1) is 0 Å². The van der Waals surface area contributed by atoms with Gasteiger partial charge in [-0.25, -0.2) is 4.90 Å². The molecule has 2 aliphatic heterocycles. The molecule has 10 heteroatoms. The third-order valence-corrected chi connectivity index (χ3v) is 9.91. The molecule has 2 N–H and O–H groups in total. The van der Waals surface area contributed by atoms with Gasteiger partial charge in [0.1, 0.15) is 0 Å². The third-order valence-electron chi connectivity index (χ3n) is 9.91. The van der Waals surface area contributed by atoms with Gasteiger partial charge in [0.2, 0.25) is 23.6 Å². The summed E-state index contributed by atoms with van der Waals surface area (Å²) in [7, 11) is 1.45. The molecule has 6 atom stereocenters. The highest BCUT2D eigenvalue weighted by atomic mass is 16.5. The predicted octanol–water partition coefficient (Wildman–Crippen LogP) is 4.04. The molecule has 0 bridgehead atoms. The Labute approximate surface area is 254 Å². The van der Waals surface area contributed by atoms with E-state index in [0.717, 1.165) is 5.57 Å². The normalized spacial score (nSPS) is 29.5. The van der Waals surface area contributed by atoms with Crippen molar-refractivity contribution < 1.29 is 38.9 Å². The summed E-state index contributed by atoms with van der Waals surface area (Å²) in [5.74, 6) is -5.01. The Morgan fingerprint density at radius 1 is 1.05 bits per heavy atom. The Hall–Kier alpha value is -4.73. The van der Waals surface area contributed by atoms with Crippen molar-refractivity contribution in [3.63, 3.8) is 0 Å². The third kappa shape index (κ3) is 4.51. The van der Waals surface area contributed by atoms with Crippen molar-refractivity contribution in [3.8, 4) is 11.5 Å². The molecule has 0 aromatic heterocycles. The summed E-state index contributed by atoms with van der Waals surface area (Å²) in [6.07, 6.45) is 6.26. The Balaban J connectivity index is 1.41. The van der Waals surface area contributed by atoms with Crippen molar-refractivity contribution in [2.75, 3.05) is 18.6 Å². The van der Waals surface area contributed by atoms with Crippen LogP contribution in [0, 0.1) is 35.0 Å². The van der Waals surface area contributed by atoms with E-state index in [4.69, 9.17) is 9.84 Å². The molecule has 4 amide bonds. The molecular formula is C34H34N2O8. The predicted molar refractivity (Wildman–Crippen MR) is 159 cm³/mol. The molecule has 44 heavy (non-hydrogen) atoms. The van der Waals surface area contributed by atoms with Crippen molar-refractivity contribution in [1.29, 1.82) is 0 Å². The molecule has 2 aromatic rings. The highest BCUT2D eigenvalue weighted by Gasteiger charge is 2.66. The fraction of sp³-hybridized carbons (Fsp3) is 0.382. The number of methoxy groups -OCH3 is 1. The molecule has 1 saturated carbocycles. The molecule has 6 rings (SSSR count). The lowest BCUT2D eigenvalue weighted by Crippen LogP contribution is -2.49. The number of hydrogen-bond donors (Lipinski definition) is 2. The van der Waals surface area contributed by atoms with Crippen LogP contribution in [0.5, 0.6) is 11.5 Å². The number of hydrogen-bond acceptors (Lipinski definition) is 7. The molecule has 4 aliphatic rings. The quantitative estimate of drug-likeness (QED) is 0.343. The largest absolute Gasteiger partial charge is 0.504 e. The first kappa shape index (κ1) is 29.3. The number of carboxylic acid groups (broad SMARTS) is 1. The maximum atomic E-state index is 14.3. The van der Waals surface area contributed by atoms with Crippen molar-refractivity contribution in [1.82, 2.24) is 4.90 Å². The number of carbonyl (C=O) groups is 5. The Bertz CT molecular complexity index is 1610. The van der Waals surface area contributed by atoms with Gasteiger partial charge < -0.3 is 14.9 Å². The molecule has 2 saturated heterocycles. The van der Waals surface area contributed by atoms with Gasteiger partial charge >= 0.3 is 5.97 Å². The van der Waals surface area contributed by atoms with Gasteiger partial charge in [-0.05, 0) is 61.9 Å². The van der Waals surface area contributed by atoms with Crippen molar-refractivity contribution in [2.45, 2.75) is 32.6 Å². The molecule has 0 unspecified atom stereocenters. The number of benzene rings is 2. The Morgan fingerprint density at radius 2 is 1.80 bits per heavy atom. The number of allylic oxidation sites excluding steroid dienone is 3. The Morgan fingerprint density at radius 3 is 2.50 bits per heavy atom. The number of carbonyl (C=O) groups excluding carboxylic acids is 4. The fourth-order valence-electron chi connectivity index (χ4n) is 7.72. The number of fused-ring (bicyclic) bond motifs is 4. The molecule has 2 aromatic carbocycles. The van der Waals surface area contributed by atoms with Crippen LogP contribution >= 0.6 is 0 Å². The number of aromatic hydroxyl groups is 1. The number of ether oxygens (including phenoxy) is 1. The van der Waals surface area contributed by atoms with E-state index < -0.39 is 41.0 Å². The van der Waals surface area contributed by atoms with Gasteiger partial charge in [0, 0.05) is 18.9 Å². The van der Waals surface area contributed by atoms with E-state index in [1.165, 1.54) is 23.0 Å². The van der Waals surface area contributed by atoms with Gasteiger partial charge in [-0.3, -0.25) is 28.9 Å². The van der Waals surface area contributed by atoms with Crippen molar-refractivity contribution in [3.05, 3.63) is 71.8 Å². The topological polar surface area (TPSA) is 142 Å². The van der Waals surface area contributed by atoms with E-state index in [9.17, 15) is 29.1 Å². The van der Waals surface area contributed by atoms with Crippen LogP contribution in [0.2, 0.25) is 0 Å². The number of phenols is 1. The van der Waals surface area contributed by atoms with Crippen LogP contribution < -0.4 is 9.64 Å². The molecule has 228 valence electrons. The zero-order valence-electron chi connectivity index (χ0n) is 24.5. The lowest BCUT2D eigenvalue weighted by Gasteiger charge is -2.47. The Kier molecular flexibility index (Phi) is 7.39. The monoisotopic (exact) mass is 598 g/mol. The zero-order valence-corrected chi connectivity index (χ0v) is 24.5. The second-order valence-corrected chi connectivity index (χ2v) is 12.2. The number of para-hydroxylation sites is 1. The first-order chi connectivity index (χ1) is 21.1. The van der Waals surface area contributed by atoms with Gasteiger partial charge in [0.15, 0.2) is 11.5 Å². The number of carboxylic acids is 1. The second-order valence-electron chi connectivity index (χ2n) is 12.2. The minimum absolute atomic E-state index is 0.0113. The summed E-state index contributed by atoms with van der Waals surface area (Å²) in [5.41, 5.74) is 0.906. The van der Waals surface area contributed by atoms with Crippen LogP contribution in [0.4, 0.5) is 5.69 Å². The summed E-state index contributed by atoms with van der Waals surface area (Å²) in [5, 5.41) is 19.1. The highest BCUT2D eigenvalue weighted by Crippen LogP contribution is 2.61. The molecule has 2 aliphatic carbocycles. The molecule has 0 radical (unpaired) electrons. The first-order valence-electron chi connectivity index (χ1n) is 14.8. The van der Waals surface area contributed by atoms with Gasteiger partial charge in [0.25, 0.3) is 0 Å². The number of nitrogens with zero attached hydrogens (tertiary/aromatic N) is 2. The standard InChI is InChI=1S/C34H34N2O8/c1-34-24(14-10-19-11-15-26(37)27(17-19)44-2)21-12-13-22-29(32(42)35(30(22)40)16-6-9-28(38)39)23(21)18-25(34)31(41)36(33(34)43)20-7-4-3-5-8-20/h3-5,7-8,10-12,14-15,17,22-25,29,37H,6,9,13,16,18H2,1-2H3,(H,38,39)/t22-,23+,24-,25-,29-,34-/m0/s1. The second kappa shape index (κ2) is 11.1. The molecule has 2 heterocycles. The number of aliphatic carboxylic acids is 1. The lowest BCUT2D eigenvalue weighted by atomic mass is 9.52. The van der Waals surface area contributed by atoms with E-state index in [2.05, 4.69) is 0 Å². The summed E-state index contributed by atoms with van der Waals surface area (Å²) < 4.78 is 5.26. The van der Waals surface area contributed by atoms with Crippen LogP contribution in [0.15, 0.2) is 66.3 Å². The number of phenolic OH excluding ortho intramolecular Hbond substituents is 1. The van der Waals surface area contributed by atoms with Gasteiger partial charge in [-0.1, -0.05) is 48.1 Å². The molecule has 0 spiro atoms. The fourth-order valence-corrected chi connectivity index (χ4v) is 7.72. The summed E-state index contributed by atoms with van der Waals surface area (Å²) >= 11 is 0. The first-order valence-corrected chi connectivity index (χ1v) is 14.8. The van der Waals surface area contributed by atoms with E-state index in [1.807, 2.05) is 31.2 Å². The average molecular weight is 599 g/mol. The van der Waals surface area contributed by atoms with Gasteiger partial charge in [0.05, 0.1) is 36.0 Å². The van der Waals surface area contributed by atoms with Crippen molar-refractivity contribution >= 4 is 41.4 Å². The van der Waals surface area contributed by atoms with Crippen LogP contribution in [-0.2, 0) is 24.0 Å². The van der Waals surface area contributed by atoms with E-state index in [-0.39, 0.29) is 60.9 Å². The lowest BCUT2D eigenvalue weighted by molar-refractivity contribution is -0.142. The summed E-state index contributed by atoms with van der Waals surface area (Å²) in [6, 6.07) is 13.7. The average Bonchev–Trinajstić information content (AvgIpc) is 3.37.